The number of hydrogen-bond donors (Lipinski definition) is 1. The van der Waals surface area contributed by atoms with Crippen LogP contribution in [0.5, 0.6) is 5.75 Å². The van der Waals surface area contributed by atoms with Crippen LogP contribution < -0.4 is 10.1 Å². The summed E-state index contributed by atoms with van der Waals surface area (Å²) in [7, 11) is 0. The number of nitrogens with zero attached hydrogens (tertiary/aromatic N) is 2. The van der Waals surface area contributed by atoms with Crippen LogP contribution in [0, 0.1) is 0 Å². The molecule has 0 aliphatic carbocycles. The maximum atomic E-state index is 13.4. The third kappa shape index (κ3) is 5.56. The Hall–Kier alpha value is -2.94. The number of aromatic nitrogens is 2. The summed E-state index contributed by atoms with van der Waals surface area (Å²) in [6.45, 7) is 2.21. The van der Waals surface area contributed by atoms with E-state index in [1.807, 2.05) is 13.0 Å². The second-order valence-corrected chi connectivity index (χ2v) is 7.36. The van der Waals surface area contributed by atoms with E-state index in [0.29, 0.717) is 11.4 Å². The van der Waals surface area contributed by atoms with Gasteiger partial charge in [0.15, 0.2) is 0 Å². The van der Waals surface area contributed by atoms with Gasteiger partial charge in [-0.25, -0.2) is 4.98 Å². The van der Waals surface area contributed by atoms with Gasteiger partial charge in [-0.2, -0.15) is 13.2 Å². The van der Waals surface area contributed by atoms with Crippen LogP contribution in [0.4, 0.5) is 18.9 Å². The molecule has 0 aliphatic heterocycles. The number of carbonyl (C=O) groups excluding carboxylic acids is 1. The molecule has 1 amide bonds. The summed E-state index contributed by atoms with van der Waals surface area (Å²) in [5.41, 5.74) is -0.0342. The van der Waals surface area contributed by atoms with Crippen LogP contribution in [-0.2, 0) is 6.18 Å². The van der Waals surface area contributed by atoms with Crippen molar-refractivity contribution in [1.82, 2.24) is 9.97 Å². The highest BCUT2D eigenvalue weighted by atomic mass is 32.1. The number of amides is 1. The summed E-state index contributed by atoms with van der Waals surface area (Å²) in [6.07, 6.45) is 1.14. The van der Waals surface area contributed by atoms with E-state index in [1.54, 1.807) is 23.8 Å². The molecule has 3 rings (SSSR count). The monoisotopic (exact) mass is 435 g/mol. The number of anilines is 1. The molecule has 0 unspecified atom stereocenters. The zero-order chi connectivity index (χ0) is 21.6. The summed E-state index contributed by atoms with van der Waals surface area (Å²) in [6, 6.07) is 7.05. The molecule has 2 heterocycles. The number of hydrogen-bond acceptors (Lipinski definition) is 5. The SMILES string of the molecule is CCCCCOc1ccc(NC(=O)c2csc(-c3cccnc3)n2)cc1C(F)(F)F. The van der Waals surface area contributed by atoms with Gasteiger partial charge in [0.2, 0.25) is 0 Å². The van der Waals surface area contributed by atoms with E-state index < -0.39 is 17.6 Å². The molecule has 0 aliphatic rings. The van der Waals surface area contributed by atoms with Crippen LogP contribution in [0.2, 0.25) is 0 Å². The van der Waals surface area contributed by atoms with E-state index in [2.05, 4.69) is 15.3 Å². The normalized spacial score (nSPS) is 11.3. The van der Waals surface area contributed by atoms with Crippen LogP contribution in [0.25, 0.3) is 10.6 Å². The predicted molar refractivity (Wildman–Crippen MR) is 110 cm³/mol. The lowest BCUT2D eigenvalue weighted by atomic mass is 10.1. The van der Waals surface area contributed by atoms with Crippen molar-refractivity contribution in [1.29, 1.82) is 0 Å². The van der Waals surface area contributed by atoms with Gasteiger partial charge < -0.3 is 10.1 Å². The lowest BCUT2D eigenvalue weighted by molar-refractivity contribution is -0.138. The molecule has 0 fully saturated rings. The Labute approximate surface area is 176 Å². The lowest BCUT2D eigenvalue weighted by Crippen LogP contribution is -2.14. The van der Waals surface area contributed by atoms with E-state index >= 15 is 0 Å². The molecule has 5 nitrogen and oxygen atoms in total. The molecule has 0 radical (unpaired) electrons. The maximum Gasteiger partial charge on any atom is 0.420 e. The van der Waals surface area contributed by atoms with E-state index in [-0.39, 0.29) is 23.7 Å². The van der Waals surface area contributed by atoms with Crippen LogP contribution in [0.1, 0.15) is 42.2 Å². The minimum Gasteiger partial charge on any atom is -0.493 e. The first-order chi connectivity index (χ1) is 14.4. The third-order valence-electron chi connectivity index (χ3n) is 4.19. The number of alkyl halides is 3. The van der Waals surface area contributed by atoms with Gasteiger partial charge in [0.1, 0.15) is 16.5 Å². The molecule has 0 atom stereocenters. The first kappa shape index (κ1) is 21.8. The molecule has 158 valence electrons. The van der Waals surface area contributed by atoms with Gasteiger partial charge in [0.25, 0.3) is 5.91 Å². The number of halogens is 3. The number of nitrogens with one attached hydrogen (secondary N) is 1. The van der Waals surface area contributed by atoms with Crippen LogP contribution in [0.15, 0.2) is 48.1 Å². The first-order valence-corrected chi connectivity index (χ1v) is 10.3. The number of benzene rings is 1. The number of ether oxygens (including phenoxy) is 1. The van der Waals surface area contributed by atoms with Gasteiger partial charge >= 0.3 is 6.18 Å². The Balaban J connectivity index is 1.74. The van der Waals surface area contributed by atoms with Crippen molar-refractivity contribution in [3.8, 4) is 16.3 Å². The van der Waals surface area contributed by atoms with Gasteiger partial charge in [-0.1, -0.05) is 19.8 Å². The Bertz CT molecular complexity index is 991. The Morgan fingerprint density at radius 1 is 1.23 bits per heavy atom. The van der Waals surface area contributed by atoms with Crippen LogP contribution in [0.3, 0.4) is 0 Å². The van der Waals surface area contributed by atoms with Gasteiger partial charge in [-0.15, -0.1) is 11.3 Å². The fraction of sp³-hybridized carbons (Fsp3) is 0.286. The Kier molecular flexibility index (Phi) is 7.04. The smallest absolute Gasteiger partial charge is 0.420 e. The average molecular weight is 435 g/mol. The molecule has 2 aromatic heterocycles. The number of rotatable bonds is 8. The number of thiazole rings is 1. The van der Waals surface area contributed by atoms with Crippen molar-refractivity contribution in [2.45, 2.75) is 32.4 Å². The maximum absolute atomic E-state index is 13.4. The molecule has 1 aromatic carbocycles. The summed E-state index contributed by atoms with van der Waals surface area (Å²) >= 11 is 1.25. The van der Waals surface area contributed by atoms with Crippen molar-refractivity contribution >= 4 is 22.9 Å². The van der Waals surface area contributed by atoms with Crippen molar-refractivity contribution < 1.29 is 22.7 Å². The second kappa shape index (κ2) is 9.71. The summed E-state index contributed by atoms with van der Waals surface area (Å²) < 4.78 is 45.7. The van der Waals surface area contributed by atoms with Crippen molar-refractivity contribution in [3.05, 3.63) is 59.4 Å². The minimum atomic E-state index is -4.60. The van der Waals surface area contributed by atoms with E-state index in [9.17, 15) is 18.0 Å². The van der Waals surface area contributed by atoms with Crippen molar-refractivity contribution in [2.24, 2.45) is 0 Å². The van der Waals surface area contributed by atoms with Gasteiger partial charge in [-0.3, -0.25) is 9.78 Å². The van der Waals surface area contributed by atoms with Crippen molar-refractivity contribution in [3.63, 3.8) is 0 Å². The minimum absolute atomic E-state index is 0.0177. The van der Waals surface area contributed by atoms with Crippen LogP contribution in [-0.4, -0.2) is 22.5 Å². The molecular formula is C21H20F3N3O2S. The largest absolute Gasteiger partial charge is 0.493 e. The molecule has 3 aromatic rings. The Morgan fingerprint density at radius 3 is 2.77 bits per heavy atom. The molecule has 0 spiro atoms. The fourth-order valence-corrected chi connectivity index (χ4v) is 3.48. The highest BCUT2D eigenvalue weighted by Crippen LogP contribution is 2.38. The summed E-state index contributed by atoms with van der Waals surface area (Å²) in [5.74, 6) is -0.838. The first-order valence-electron chi connectivity index (χ1n) is 9.40. The number of carbonyl (C=O) groups is 1. The number of pyridine rings is 1. The average Bonchev–Trinajstić information content (AvgIpc) is 3.22. The topological polar surface area (TPSA) is 64.1 Å². The fourth-order valence-electron chi connectivity index (χ4n) is 2.68. The molecule has 9 heteroatoms. The molecule has 0 bridgehead atoms. The van der Waals surface area contributed by atoms with E-state index in [1.165, 1.54) is 23.5 Å². The quantitative estimate of drug-likeness (QED) is 0.438. The zero-order valence-electron chi connectivity index (χ0n) is 16.2. The summed E-state index contributed by atoms with van der Waals surface area (Å²) in [4.78, 5) is 20.7. The predicted octanol–water partition coefficient (Wildman–Crippen LogP) is 6.05. The number of unbranched alkanes of at least 4 members (excludes halogenated alkanes) is 2. The zero-order valence-corrected chi connectivity index (χ0v) is 17.0. The lowest BCUT2D eigenvalue weighted by Gasteiger charge is -2.15. The van der Waals surface area contributed by atoms with Crippen LogP contribution >= 0.6 is 11.3 Å². The molecule has 0 saturated carbocycles. The highest BCUT2D eigenvalue weighted by molar-refractivity contribution is 7.13. The van der Waals surface area contributed by atoms with Gasteiger partial charge in [-0.05, 0) is 36.8 Å². The second-order valence-electron chi connectivity index (χ2n) is 6.50. The molecule has 0 saturated heterocycles. The molecular weight excluding hydrogens is 415 g/mol. The molecule has 1 N–H and O–H groups in total. The Morgan fingerprint density at radius 2 is 2.07 bits per heavy atom. The summed E-state index contributed by atoms with van der Waals surface area (Å²) in [5, 5.41) is 4.62. The van der Waals surface area contributed by atoms with Gasteiger partial charge in [0, 0.05) is 29.0 Å². The molecule has 30 heavy (non-hydrogen) atoms. The van der Waals surface area contributed by atoms with E-state index in [4.69, 9.17) is 4.74 Å². The standard InChI is InChI=1S/C21H20F3N3O2S/c1-2-3-4-10-29-18-8-7-15(11-16(18)21(22,23)24)26-19(28)17-13-30-20(27-17)14-6-5-9-25-12-14/h5-9,11-13H,2-4,10H2,1H3,(H,26,28). The highest BCUT2D eigenvalue weighted by Gasteiger charge is 2.35. The third-order valence-corrected chi connectivity index (χ3v) is 5.08. The van der Waals surface area contributed by atoms with Crippen molar-refractivity contribution in [2.75, 3.05) is 11.9 Å². The van der Waals surface area contributed by atoms with Gasteiger partial charge in [0.05, 0.1) is 12.2 Å². The van der Waals surface area contributed by atoms with E-state index in [0.717, 1.165) is 24.5 Å².